The van der Waals surface area contributed by atoms with Gasteiger partial charge >= 0.3 is 0 Å². The van der Waals surface area contributed by atoms with Crippen molar-refractivity contribution in [3.63, 3.8) is 0 Å². The van der Waals surface area contributed by atoms with Gasteiger partial charge in [-0.1, -0.05) is 43.7 Å². The second-order valence-electron chi connectivity index (χ2n) is 6.35. The van der Waals surface area contributed by atoms with Crippen LogP contribution < -0.4 is 5.32 Å². The molecule has 0 radical (unpaired) electrons. The van der Waals surface area contributed by atoms with E-state index in [1.165, 1.54) is 0 Å². The maximum Gasteiger partial charge on any atom is 0.152 e. The average molecular weight is 316 g/mol. The summed E-state index contributed by atoms with van der Waals surface area (Å²) in [5.41, 5.74) is 2.73. The van der Waals surface area contributed by atoms with Crippen molar-refractivity contribution in [3.05, 3.63) is 47.1 Å². The van der Waals surface area contributed by atoms with E-state index in [9.17, 15) is 4.79 Å². The lowest BCUT2D eigenvalue weighted by molar-refractivity contribution is -0.120. The number of hydrogen-bond acceptors (Lipinski definition) is 3. The van der Waals surface area contributed by atoms with Crippen LogP contribution in [0.1, 0.15) is 26.7 Å². The van der Waals surface area contributed by atoms with Crippen molar-refractivity contribution in [1.82, 2.24) is 10.2 Å². The number of allylic oxidation sites excluding steroid dienone is 2. The van der Waals surface area contributed by atoms with E-state index in [1.807, 2.05) is 30.3 Å². The molecule has 0 spiro atoms. The van der Waals surface area contributed by atoms with Crippen LogP contribution in [0.15, 0.2) is 42.1 Å². The van der Waals surface area contributed by atoms with E-state index < -0.39 is 0 Å². The van der Waals surface area contributed by atoms with Crippen LogP contribution in [-0.2, 0) is 4.79 Å². The SMILES string of the molecule is CC1(C)C=C(Nc2cc(-c3ccc(Cl)cc3)[nH]n2)CC(=O)C1. The van der Waals surface area contributed by atoms with E-state index in [4.69, 9.17) is 11.6 Å². The minimum absolute atomic E-state index is 0.104. The highest BCUT2D eigenvalue weighted by molar-refractivity contribution is 6.30. The highest BCUT2D eigenvalue weighted by atomic mass is 35.5. The maximum absolute atomic E-state index is 11.8. The zero-order chi connectivity index (χ0) is 15.7. The first-order valence-electron chi connectivity index (χ1n) is 7.23. The van der Waals surface area contributed by atoms with Gasteiger partial charge in [-0.05, 0) is 23.1 Å². The number of aromatic nitrogens is 2. The Labute approximate surface area is 134 Å². The zero-order valence-electron chi connectivity index (χ0n) is 12.6. The molecule has 4 nitrogen and oxygen atoms in total. The summed E-state index contributed by atoms with van der Waals surface area (Å²) < 4.78 is 0. The quantitative estimate of drug-likeness (QED) is 0.881. The van der Waals surface area contributed by atoms with Crippen molar-refractivity contribution in [3.8, 4) is 11.3 Å². The van der Waals surface area contributed by atoms with Gasteiger partial charge < -0.3 is 5.32 Å². The Bertz CT molecular complexity index is 729. The summed E-state index contributed by atoms with van der Waals surface area (Å²) in [7, 11) is 0. The standard InChI is InChI=1S/C17H18ClN3O/c1-17(2)9-13(7-14(22)10-17)19-16-8-15(20-21-16)11-3-5-12(18)6-4-11/h3-6,8-9H,7,10H2,1-2H3,(H2,19,20,21). The number of hydrogen-bond donors (Lipinski definition) is 2. The van der Waals surface area contributed by atoms with Gasteiger partial charge in [-0.15, -0.1) is 0 Å². The van der Waals surface area contributed by atoms with Crippen molar-refractivity contribution in [2.24, 2.45) is 5.41 Å². The Morgan fingerprint density at radius 1 is 1.27 bits per heavy atom. The third-order valence-electron chi connectivity index (χ3n) is 3.63. The second kappa shape index (κ2) is 5.61. The van der Waals surface area contributed by atoms with E-state index in [2.05, 4.69) is 35.4 Å². The number of carbonyl (C=O) groups excluding carboxylic acids is 1. The highest BCUT2D eigenvalue weighted by Gasteiger charge is 2.26. The van der Waals surface area contributed by atoms with Crippen LogP contribution in [-0.4, -0.2) is 16.0 Å². The summed E-state index contributed by atoms with van der Waals surface area (Å²) in [6.45, 7) is 4.13. The Balaban J connectivity index is 1.78. The fraction of sp³-hybridized carbons (Fsp3) is 0.294. The lowest BCUT2D eigenvalue weighted by atomic mass is 9.81. The van der Waals surface area contributed by atoms with Crippen LogP contribution in [0.25, 0.3) is 11.3 Å². The number of carbonyl (C=O) groups is 1. The van der Waals surface area contributed by atoms with Crippen LogP contribution >= 0.6 is 11.6 Å². The Kier molecular flexibility index (Phi) is 3.79. The molecule has 0 atom stereocenters. The first-order valence-corrected chi connectivity index (χ1v) is 7.61. The number of halogens is 1. The normalized spacial score (nSPS) is 17.2. The molecular weight excluding hydrogens is 298 g/mol. The fourth-order valence-electron chi connectivity index (χ4n) is 2.76. The fourth-order valence-corrected chi connectivity index (χ4v) is 2.89. The molecule has 1 aromatic heterocycles. The minimum Gasteiger partial charge on any atom is -0.342 e. The van der Waals surface area contributed by atoms with Crippen molar-refractivity contribution in [1.29, 1.82) is 0 Å². The lowest BCUT2D eigenvalue weighted by Gasteiger charge is -2.26. The minimum atomic E-state index is -0.104. The van der Waals surface area contributed by atoms with Crippen LogP contribution in [0.3, 0.4) is 0 Å². The number of Topliss-reactive ketones (excluding diaryl/α,β-unsaturated/α-hetero) is 1. The molecule has 0 amide bonds. The monoisotopic (exact) mass is 315 g/mol. The molecule has 1 aromatic carbocycles. The van der Waals surface area contributed by atoms with Gasteiger partial charge in [0.15, 0.2) is 5.82 Å². The molecular formula is C17H18ClN3O. The highest BCUT2D eigenvalue weighted by Crippen LogP contribution is 2.31. The van der Waals surface area contributed by atoms with Gasteiger partial charge in [-0.25, -0.2) is 0 Å². The van der Waals surface area contributed by atoms with Crippen molar-refractivity contribution >= 4 is 23.2 Å². The Hall–Kier alpha value is -2.07. The number of rotatable bonds is 3. The molecule has 114 valence electrons. The smallest absolute Gasteiger partial charge is 0.152 e. The number of nitrogens with zero attached hydrogens (tertiary/aromatic N) is 1. The van der Waals surface area contributed by atoms with Crippen LogP contribution in [0, 0.1) is 5.41 Å². The molecule has 0 saturated heterocycles. The predicted octanol–water partition coefficient (Wildman–Crippen LogP) is 4.42. The molecule has 1 aliphatic carbocycles. The molecule has 0 saturated carbocycles. The summed E-state index contributed by atoms with van der Waals surface area (Å²) >= 11 is 5.90. The number of aromatic amines is 1. The molecule has 0 fully saturated rings. The van der Waals surface area contributed by atoms with Crippen molar-refractivity contribution in [2.45, 2.75) is 26.7 Å². The van der Waals surface area contributed by atoms with Crippen LogP contribution in [0.5, 0.6) is 0 Å². The molecule has 1 heterocycles. The molecule has 22 heavy (non-hydrogen) atoms. The molecule has 1 aliphatic rings. The lowest BCUT2D eigenvalue weighted by Crippen LogP contribution is -2.23. The Morgan fingerprint density at radius 2 is 2.00 bits per heavy atom. The summed E-state index contributed by atoms with van der Waals surface area (Å²) in [5, 5.41) is 11.2. The molecule has 5 heteroatoms. The van der Waals surface area contributed by atoms with E-state index in [0.717, 1.165) is 17.0 Å². The van der Waals surface area contributed by atoms with E-state index in [1.54, 1.807) is 0 Å². The number of anilines is 1. The topological polar surface area (TPSA) is 57.8 Å². The third-order valence-corrected chi connectivity index (χ3v) is 3.88. The molecule has 0 aliphatic heterocycles. The number of ketones is 1. The maximum atomic E-state index is 11.8. The summed E-state index contributed by atoms with van der Waals surface area (Å²) in [5.74, 6) is 0.963. The summed E-state index contributed by atoms with van der Waals surface area (Å²) in [4.78, 5) is 11.8. The van der Waals surface area contributed by atoms with Gasteiger partial charge in [0.2, 0.25) is 0 Å². The molecule has 0 unspecified atom stereocenters. The largest absolute Gasteiger partial charge is 0.342 e. The summed E-state index contributed by atoms with van der Waals surface area (Å²) in [6.07, 6.45) is 3.15. The Morgan fingerprint density at radius 3 is 2.68 bits per heavy atom. The van der Waals surface area contributed by atoms with Gasteiger partial charge in [0.25, 0.3) is 0 Å². The number of benzene rings is 1. The predicted molar refractivity (Wildman–Crippen MR) is 88.8 cm³/mol. The van der Waals surface area contributed by atoms with Gasteiger partial charge in [-0.3, -0.25) is 9.89 Å². The van der Waals surface area contributed by atoms with Gasteiger partial charge in [-0.2, -0.15) is 5.10 Å². The first-order chi connectivity index (χ1) is 10.4. The molecule has 0 bridgehead atoms. The van der Waals surface area contributed by atoms with Gasteiger partial charge in [0, 0.05) is 29.6 Å². The third kappa shape index (κ3) is 3.39. The van der Waals surface area contributed by atoms with Gasteiger partial charge in [0.05, 0.1) is 5.69 Å². The summed E-state index contributed by atoms with van der Waals surface area (Å²) in [6, 6.07) is 9.49. The molecule has 3 rings (SSSR count). The van der Waals surface area contributed by atoms with Crippen molar-refractivity contribution in [2.75, 3.05) is 5.32 Å². The van der Waals surface area contributed by atoms with E-state index in [-0.39, 0.29) is 11.2 Å². The number of nitrogens with one attached hydrogen (secondary N) is 2. The van der Waals surface area contributed by atoms with Crippen molar-refractivity contribution < 1.29 is 4.79 Å². The number of H-pyrrole nitrogens is 1. The van der Waals surface area contributed by atoms with Crippen LogP contribution in [0.4, 0.5) is 5.82 Å². The van der Waals surface area contributed by atoms with E-state index >= 15 is 0 Å². The second-order valence-corrected chi connectivity index (χ2v) is 6.79. The van der Waals surface area contributed by atoms with Gasteiger partial charge in [0.1, 0.15) is 5.78 Å². The average Bonchev–Trinajstić information content (AvgIpc) is 2.85. The van der Waals surface area contributed by atoms with E-state index in [0.29, 0.717) is 23.7 Å². The molecule has 2 N–H and O–H groups in total. The first kappa shape index (κ1) is 14.9. The van der Waals surface area contributed by atoms with Crippen LogP contribution in [0.2, 0.25) is 5.02 Å². The zero-order valence-corrected chi connectivity index (χ0v) is 13.4. The molecule has 2 aromatic rings.